The van der Waals surface area contributed by atoms with Gasteiger partial charge in [-0.05, 0) is 43.7 Å². The van der Waals surface area contributed by atoms with Crippen LogP contribution in [0.3, 0.4) is 0 Å². The number of aromatic nitrogens is 2. The second-order valence-corrected chi connectivity index (χ2v) is 6.54. The third kappa shape index (κ3) is 2.30. The van der Waals surface area contributed by atoms with Crippen LogP contribution in [0, 0.1) is 18.8 Å². The summed E-state index contributed by atoms with van der Waals surface area (Å²) in [4.78, 5) is 21.9. The fraction of sp³-hybridized carbons (Fsp3) is 0.562. The minimum Gasteiger partial charge on any atom is -0.465 e. The van der Waals surface area contributed by atoms with Gasteiger partial charge in [0.15, 0.2) is 5.82 Å². The van der Waals surface area contributed by atoms with Crippen LogP contribution in [-0.4, -0.2) is 39.2 Å². The summed E-state index contributed by atoms with van der Waals surface area (Å²) in [6.07, 6.45) is 4.80. The molecule has 1 amide bonds. The predicted molar refractivity (Wildman–Crippen MR) is 77.9 cm³/mol. The Labute approximate surface area is 123 Å². The van der Waals surface area contributed by atoms with Crippen molar-refractivity contribution >= 4 is 11.7 Å². The van der Waals surface area contributed by atoms with Gasteiger partial charge in [0.2, 0.25) is 0 Å². The van der Waals surface area contributed by atoms with Gasteiger partial charge in [-0.2, -0.15) is 0 Å². The highest BCUT2D eigenvalue weighted by Crippen LogP contribution is 2.42. The molecule has 2 atom stereocenters. The fourth-order valence-corrected chi connectivity index (χ4v) is 3.56. The molecular formula is C16H19N3O2. The minimum absolute atomic E-state index is 0.338. The van der Waals surface area contributed by atoms with Gasteiger partial charge in [0.05, 0.1) is 0 Å². The monoisotopic (exact) mass is 285 g/mol. The molecule has 21 heavy (non-hydrogen) atoms. The van der Waals surface area contributed by atoms with Gasteiger partial charge in [0, 0.05) is 36.3 Å². The number of nitrogens with zero attached hydrogens (tertiary/aromatic N) is 3. The maximum absolute atomic E-state index is 11.0. The summed E-state index contributed by atoms with van der Waals surface area (Å²) in [5.74, 6) is 2.25. The molecule has 1 aliphatic heterocycles. The molecule has 2 fully saturated rings. The molecule has 3 aliphatic rings. The average Bonchev–Trinajstić information content (AvgIpc) is 3.08. The van der Waals surface area contributed by atoms with Crippen molar-refractivity contribution in [2.24, 2.45) is 11.8 Å². The summed E-state index contributed by atoms with van der Waals surface area (Å²) in [7, 11) is 0. The minimum atomic E-state index is -0.804. The van der Waals surface area contributed by atoms with E-state index in [2.05, 4.69) is 17.1 Å². The van der Waals surface area contributed by atoms with Gasteiger partial charge in [-0.25, -0.2) is 14.8 Å². The Morgan fingerprint density at radius 1 is 1.33 bits per heavy atom. The highest BCUT2D eigenvalue weighted by atomic mass is 16.4. The average molecular weight is 285 g/mol. The molecule has 2 unspecified atom stereocenters. The van der Waals surface area contributed by atoms with Gasteiger partial charge >= 0.3 is 6.09 Å². The van der Waals surface area contributed by atoms with Gasteiger partial charge in [-0.3, -0.25) is 0 Å². The van der Waals surface area contributed by atoms with Crippen LogP contribution in [0.2, 0.25) is 0 Å². The molecule has 5 nitrogen and oxygen atoms in total. The van der Waals surface area contributed by atoms with Crippen LogP contribution in [0.25, 0.3) is 5.57 Å². The zero-order chi connectivity index (χ0) is 14.6. The number of hydrogen-bond donors (Lipinski definition) is 1. The van der Waals surface area contributed by atoms with Crippen molar-refractivity contribution in [1.82, 2.24) is 14.9 Å². The number of amides is 1. The van der Waals surface area contributed by atoms with Crippen molar-refractivity contribution in [2.45, 2.75) is 32.1 Å². The third-order valence-corrected chi connectivity index (χ3v) is 4.82. The lowest BCUT2D eigenvalue weighted by Gasteiger charge is -2.12. The molecule has 1 N–H and O–H groups in total. The maximum atomic E-state index is 11.0. The zero-order valence-electron chi connectivity index (χ0n) is 12.1. The normalized spacial score (nSPS) is 27.7. The molecule has 0 bridgehead atoms. The molecule has 0 spiro atoms. The van der Waals surface area contributed by atoms with Crippen LogP contribution < -0.4 is 0 Å². The molecule has 4 rings (SSSR count). The van der Waals surface area contributed by atoms with Crippen molar-refractivity contribution in [3.05, 3.63) is 29.4 Å². The summed E-state index contributed by atoms with van der Waals surface area (Å²) >= 11 is 0. The smallest absolute Gasteiger partial charge is 0.407 e. The van der Waals surface area contributed by atoms with E-state index in [1.165, 1.54) is 29.0 Å². The molecule has 0 radical (unpaired) electrons. The Morgan fingerprint density at radius 2 is 2.14 bits per heavy atom. The van der Waals surface area contributed by atoms with E-state index in [1.54, 1.807) is 0 Å². The van der Waals surface area contributed by atoms with Crippen LogP contribution in [0.5, 0.6) is 0 Å². The number of likely N-dealkylation sites (tertiary alicyclic amines) is 1. The van der Waals surface area contributed by atoms with Gasteiger partial charge in [0.1, 0.15) is 0 Å². The fourth-order valence-electron chi connectivity index (χ4n) is 3.56. The van der Waals surface area contributed by atoms with Crippen molar-refractivity contribution in [3.8, 4) is 0 Å². The van der Waals surface area contributed by atoms with Crippen molar-refractivity contribution in [1.29, 1.82) is 0 Å². The molecule has 110 valence electrons. The highest BCUT2D eigenvalue weighted by molar-refractivity contribution is 5.68. The van der Waals surface area contributed by atoms with Crippen molar-refractivity contribution in [2.75, 3.05) is 13.1 Å². The molecule has 1 aromatic heterocycles. The van der Waals surface area contributed by atoms with E-state index in [4.69, 9.17) is 10.1 Å². The van der Waals surface area contributed by atoms with E-state index in [9.17, 15) is 4.79 Å². The van der Waals surface area contributed by atoms with Gasteiger partial charge in [0.25, 0.3) is 0 Å². The number of carboxylic acid groups (broad SMARTS) is 1. The first kappa shape index (κ1) is 12.8. The van der Waals surface area contributed by atoms with Crippen LogP contribution in [0.1, 0.15) is 42.4 Å². The summed E-state index contributed by atoms with van der Waals surface area (Å²) < 4.78 is 0. The number of allylic oxidation sites excluding steroid dienone is 1. The largest absolute Gasteiger partial charge is 0.465 e. The lowest BCUT2D eigenvalue weighted by Crippen LogP contribution is -2.27. The number of rotatable bonds is 2. The summed E-state index contributed by atoms with van der Waals surface area (Å²) in [6, 6.07) is 2.10. The number of hydrogen-bond acceptors (Lipinski definition) is 3. The molecule has 5 heteroatoms. The van der Waals surface area contributed by atoms with E-state index in [0.717, 1.165) is 17.9 Å². The topological polar surface area (TPSA) is 66.3 Å². The van der Waals surface area contributed by atoms with Gasteiger partial charge < -0.3 is 10.0 Å². The van der Waals surface area contributed by atoms with Crippen molar-refractivity contribution < 1.29 is 9.90 Å². The standard InChI is InChI=1S/C16H19N3O2/c1-9-4-14(10-2-3-10)18-15(17-9)11-5-12-7-19(16(20)21)8-13(12)6-11/h4-5,10,12-13H,2-3,6-8H2,1H3,(H,20,21). The Balaban J connectivity index is 1.58. The van der Waals surface area contributed by atoms with Gasteiger partial charge in [-0.1, -0.05) is 6.08 Å². The molecule has 2 heterocycles. The maximum Gasteiger partial charge on any atom is 0.407 e. The summed E-state index contributed by atoms with van der Waals surface area (Å²) in [6.45, 7) is 3.28. The van der Waals surface area contributed by atoms with Crippen LogP contribution in [0.15, 0.2) is 12.1 Å². The highest BCUT2D eigenvalue weighted by Gasteiger charge is 2.39. The number of aryl methyl sites for hydroxylation is 1. The van der Waals surface area contributed by atoms with E-state index in [-0.39, 0.29) is 0 Å². The molecule has 2 aliphatic carbocycles. The van der Waals surface area contributed by atoms with E-state index < -0.39 is 6.09 Å². The first-order valence-corrected chi connectivity index (χ1v) is 7.64. The Hall–Kier alpha value is -1.91. The summed E-state index contributed by atoms with van der Waals surface area (Å²) in [5.41, 5.74) is 3.43. The first-order chi connectivity index (χ1) is 10.1. The predicted octanol–water partition coefficient (Wildman–Crippen LogP) is 2.68. The Kier molecular flexibility index (Phi) is 2.77. The second-order valence-electron chi connectivity index (χ2n) is 6.54. The Bertz CT molecular complexity index is 636. The lowest BCUT2D eigenvalue weighted by atomic mass is 10.00. The third-order valence-electron chi connectivity index (χ3n) is 4.82. The number of fused-ring (bicyclic) bond motifs is 1. The van der Waals surface area contributed by atoms with E-state index in [1.807, 2.05) is 6.92 Å². The molecule has 1 aromatic rings. The van der Waals surface area contributed by atoms with Crippen LogP contribution >= 0.6 is 0 Å². The zero-order valence-corrected chi connectivity index (χ0v) is 12.1. The number of carbonyl (C=O) groups is 1. The Morgan fingerprint density at radius 3 is 2.81 bits per heavy atom. The molecular weight excluding hydrogens is 266 g/mol. The van der Waals surface area contributed by atoms with Crippen molar-refractivity contribution in [3.63, 3.8) is 0 Å². The SMILES string of the molecule is Cc1cc(C2CC2)nc(C2=CC3CN(C(=O)O)CC3C2)n1. The van der Waals surface area contributed by atoms with Gasteiger partial charge in [-0.15, -0.1) is 0 Å². The lowest BCUT2D eigenvalue weighted by molar-refractivity contribution is 0.153. The molecule has 1 saturated carbocycles. The first-order valence-electron chi connectivity index (χ1n) is 7.64. The summed E-state index contributed by atoms with van der Waals surface area (Å²) in [5, 5.41) is 9.07. The molecule has 0 aromatic carbocycles. The van der Waals surface area contributed by atoms with E-state index >= 15 is 0 Å². The quantitative estimate of drug-likeness (QED) is 0.907. The van der Waals surface area contributed by atoms with Crippen LogP contribution in [0.4, 0.5) is 4.79 Å². The molecule has 1 saturated heterocycles. The van der Waals surface area contributed by atoms with E-state index in [0.29, 0.717) is 30.8 Å². The second kappa shape index (κ2) is 4.55. The van der Waals surface area contributed by atoms with Crippen LogP contribution in [-0.2, 0) is 0 Å².